The highest BCUT2D eigenvalue weighted by atomic mass is 14.8. The molecule has 0 unspecified atom stereocenters. The van der Waals surface area contributed by atoms with Crippen LogP contribution in [0.1, 0.15) is 62.8 Å². The van der Waals surface area contributed by atoms with Gasteiger partial charge in [-0.1, -0.05) is 70.2 Å². The predicted molar refractivity (Wildman–Crippen MR) is 128 cm³/mol. The van der Waals surface area contributed by atoms with Gasteiger partial charge in [-0.3, -0.25) is 0 Å². The van der Waals surface area contributed by atoms with Crippen LogP contribution in [0.25, 0.3) is 11.1 Å². The summed E-state index contributed by atoms with van der Waals surface area (Å²) in [6.07, 6.45) is 10.8. The topological polar surface area (TPSA) is 38.4 Å². The lowest BCUT2D eigenvalue weighted by Gasteiger charge is -2.15. The third kappa shape index (κ3) is 7.53. The molecular formula is C27H38N2. The molecule has 0 aliphatic heterocycles. The monoisotopic (exact) mass is 390 g/mol. The Morgan fingerprint density at radius 1 is 0.828 bits per heavy atom. The molecule has 2 rings (SSSR count). The van der Waals surface area contributed by atoms with Gasteiger partial charge in [-0.05, 0) is 84.2 Å². The predicted octanol–water partition coefficient (Wildman–Crippen LogP) is 6.88. The van der Waals surface area contributed by atoms with Crippen molar-refractivity contribution in [3.63, 3.8) is 0 Å². The van der Waals surface area contributed by atoms with E-state index >= 15 is 0 Å². The minimum Gasteiger partial charge on any atom is -0.390 e. The average molecular weight is 391 g/mol. The summed E-state index contributed by atoms with van der Waals surface area (Å²) < 4.78 is 0. The first-order valence-corrected chi connectivity index (χ1v) is 11.0. The molecule has 2 aromatic carbocycles. The zero-order valence-electron chi connectivity index (χ0n) is 18.9. The molecule has 156 valence electrons. The Labute approximate surface area is 178 Å². The van der Waals surface area contributed by atoms with Gasteiger partial charge in [-0.2, -0.15) is 0 Å². The molecule has 0 bridgehead atoms. The third-order valence-electron chi connectivity index (χ3n) is 5.49. The molecule has 2 N–H and O–H groups in total. The summed E-state index contributed by atoms with van der Waals surface area (Å²) in [5.74, 6) is 1.47. The molecule has 29 heavy (non-hydrogen) atoms. The van der Waals surface area contributed by atoms with Crippen LogP contribution in [-0.4, -0.2) is 6.34 Å². The summed E-state index contributed by atoms with van der Waals surface area (Å²) in [5.41, 5.74) is 13.6. The zero-order valence-corrected chi connectivity index (χ0v) is 18.9. The van der Waals surface area contributed by atoms with Crippen LogP contribution < -0.4 is 5.73 Å². The fourth-order valence-electron chi connectivity index (χ4n) is 3.53. The van der Waals surface area contributed by atoms with E-state index in [0.717, 1.165) is 24.7 Å². The van der Waals surface area contributed by atoms with Gasteiger partial charge in [0.1, 0.15) is 0 Å². The number of benzene rings is 2. The van der Waals surface area contributed by atoms with E-state index in [2.05, 4.69) is 82.1 Å². The van der Waals surface area contributed by atoms with Gasteiger partial charge in [0.2, 0.25) is 0 Å². The highest BCUT2D eigenvalue weighted by molar-refractivity contribution is 5.66. The maximum atomic E-state index is 5.30. The van der Waals surface area contributed by atoms with Crippen molar-refractivity contribution >= 4 is 6.34 Å². The second-order valence-electron chi connectivity index (χ2n) is 8.88. The van der Waals surface area contributed by atoms with Crippen molar-refractivity contribution in [2.75, 3.05) is 0 Å². The summed E-state index contributed by atoms with van der Waals surface area (Å²) in [4.78, 5) is 3.95. The molecule has 2 heteroatoms. The normalized spacial score (nSPS) is 12.1. The van der Waals surface area contributed by atoms with Crippen molar-refractivity contribution in [1.29, 1.82) is 0 Å². The van der Waals surface area contributed by atoms with E-state index in [1.807, 2.05) is 0 Å². The first kappa shape index (κ1) is 22.9. The maximum absolute atomic E-state index is 5.30. The Kier molecular flexibility index (Phi) is 9.18. The van der Waals surface area contributed by atoms with E-state index in [4.69, 9.17) is 5.73 Å². The second-order valence-corrected chi connectivity index (χ2v) is 8.88. The molecule has 0 fully saturated rings. The summed E-state index contributed by atoms with van der Waals surface area (Å²) >= 11 is 0. The van der Waals surface area contributed by atoms with Crippen LogP contribution in [0.2, 0.25) is 0 Å². The molecule has 0 saturated heterocycles. The molecular weight excluding hydrogens is 352 g/mol. The lowest BCUT2D eigenvalue weighted by Crippen LogP contribution is -2.01. The molecule has 0 spiro atoms. The standard InChI is InChI=1S/C27H38N2/c1-20(2)8-11-23-14-15-27(18-25(23)12-9-21(3)4)26-13-10-22(5)24(17-26)7-6-16-29-19-28/h6,10,13-21H,7-9,11-12H2,1-5H3,(H2,28,29)/b16-6-. The van der Waals surface area contributed by atoms with Gasteiger partial charge in [0.25, 0.3) is 0 Å². The Balaban J connectivity index is 2.31. The summed E-state index contributed by atoms with van der Waals surface area (Å²) in [6, 6.07) is 13.9. The Morgan fingerprint density at radius 3 is 2.03 bits per heavy atom. The highest BCUT2D eigenvalue weighted by Crippen LogP contribution is 2.27. The molecule has 0 heterocycles. The van der Waals surface area contributed by atoms with Gasteiger partial charge in [-0.15, -0.1) is 0 Å². The van der Waals surface area contributed by atoms with Crippen LogP contribution in [0, 0.1) is 18.8 Å². The van der Waals surface area contributed by atoms with Crippen LogP contribution in [0.3, 0.4) is 0 Å². The lowest BCUT2D eigenvalue weighted by molar-refractivity contribution is 0.571. The van der Waals surface area contributed by atoms with E-state index in [0.29, 0.717) is 0 Å². The van der Waals surface area contributed by atoms with E-state index in [-0.39, 0.29) is 0 Å². The number of hydrogen-bond acceptors (Lipinski definition) is 1. The second kappa shape index (κ2) is 11.6. The average Bonchev–Trinajstić information content (AvgIpc) is 2.69. The van der Waals surface area contributed by atoms with Crippen molar-refractivity contribution in [1.82, 2.24) is 0 Å². The maximum Gasteiger partial charge on any atom is 0.0852 e. The van der Waals surface area contributed by atoms with Crippen LogP contribution in [0.15, 0.2) is 53.7 Å². The Bertz CT molecular complexity index is 828. The van der Waals surface area contributed by atoms with Crippen molar-refractivity contribution in [2.45, 2.75) is 66.7 Å². The van der Waals surface area contributed by atoms with Crippen molar-refractivity contribution < 1.29 is 0 Å². The number of aryl methyl sites for hydroxylation is 3. The van der Waals surface area contributed by atoms with E-state index in [1.54, 1.807) is 6.20 Å². The van der Waals surface area contributed by atoms with E-state index in [9.17, 15) is 0 Å². The zero-order chi connectivity index (χ0) is 21.2. The molecule has 0 radical (unpaired) electrons. The van der Waals surface area contributed by atoms with Crippen LogP contribution in [0.5, 0.6) is 0 Å². The molecule has 0 aliphatic rings. The molecule has 0 aliphatic carbocycles. The fraction of sp³-hybridized carbons (Fsp3) is 0.444. The van der Waals surface area contributed by atoms with Crippen LogP contribution in [-0.2, 0) is 19.3 Å². The number of allylic oxidation sites excluding steroid dienone is 1. The third-order valence-corrected chi connectivity index (χ3v) is 5.49. The SMILES string of the molecule is Cc1ccc(-c2ccc(CCC(C)C)c(CCC(C)C)c2)cc1C/C=C\N=CN. The molecule has 2 aromatic rings. The number of rotatable bonds is 10. The van der Waals surface area contributed by atoms with Gasteiger partial charge in [0.05, 0.1) is 6.34 Å². The van der Waals surface area contributed by atoms with E-state index < -0.39 is 0 Å². The highest BCUT2D eigenvalue weighted by Gasteiger charge is 2.09. The largest absolute Gasteiger partial charge is 0.390 e. The van der Waals surface area contributed by atoms with Gasteiger partial charge < -0.3 is 5.73 Å². The Morgan fingerprint density at radius 2 is 1.41 bits per heavy atom. The molecule has 0 aromatic heterocycles. The smallest absolute Gasteiger partial charge is 0.0852 e. The molecule has 0 amide bonds. The molecule has 0 atom stereocenters. The van der Waals surface area contributed by atoms with Gasteiger partial charge >= 0.3 is 0 Å². The lowest BCUT2D eigenvalue weighted by atomic mass is 9.90. The fourth-order valence-corrected chi connectivity index (χ4v) is 3.53. The minimum absolute atomic E-state index is 0.727. The first-order valence-electron chi connectivity index (χ1n) is 11.0. The number of nitrogens with two attached hydrogens (primary N) is 1. The molecule has 0 saturated carbocycles. The van der Waals surface area contributed by atoms with Crippen molar-refractivity contribution in [3.05, 3.63) is 70.9 Å². The number of nitrogens with zero attached hydrogens (tertiary/aromatic N) is 1. The minimum atomic E-state index is 0.727. The van der Waals surface area contributed by atoms with E-state index in [1.165, 1.54) is 59.0 Å². The Hall–Kier alpha value is -2.35. The number of aliphatic imine (C=N–C) groups is 1. The van der Waals surface area contributed by atoms with Crippen molar-refractivity contribution in [3.8, 4) is 11.1 Å². The van der Waals surface area contributed by atoms with Crippen LogP contribution in [0.4, 0.5) is 0 Å². The van der Waals surface area contributed by atoms with Crippen LogP contribution >= 0.6 is 0 Å². The summed E-state index contributed by atoms with van der Waals surface area (Å²) in [6.45, 7) is 11.4. The van der Waals surface area contributed by atoms with Gasteiger partial charge in [0.15, 0.2) is 0 Å². The number of hydrogen-bond donors (Lipinski definition) is 1. The van der Waals surface area contributed by atoms with Gasteiger partial charge in [0, 0.05) is 6.20 Å². The molecule has 2 nitrogen and oxygen atoms in total. The first-order chi connectivity index (χ1) is 13.9. The quantitative estimate of drug-likeness (QED) is 0.348. The summed E-state index contributed by atoms with van der Waals surface area (Å²) in [7, 11) is 0. The van der Waals surface area contributed by atoms with Gasteiger partial charge in [-0.25, -0.2) is 4.99 Å². The summed E-state index contributed by atoms with van der Waals surface area (Å²) in [5, 5.41) is 0. The van der Waals surface area contributed by atoms with Crippen molar-refractivity contribution in [2.24, 2.45) is 22.6 Å².